The molecule has 0 aliphatic carbocycles. The summed E-state index contributed by atoms with van der Waals surface area (Å²) in [6.07, 6.45) is 3.72. The van der Waals surface area contributed by atoms with Crippen LogP contribution in [0.4, 0.5) is 15.8 Å². The molecule has 2 aromatic carbocycles. The number of aromatic nitrogens is 2. The number of aromatic carboxylic acids is 1. The minimum atomic E-state index is -1.35. The highest BCUT2D eigenvalue weighted by molar-refractivity contribution is 5.95. The molecular formula is C24H25FN4O4. The number of carboxylic acids is 1. The van der Waals surface area contributed by atoms with Crippen molar-refractivity contribution in [3.05, 3.63) is 47.8 Å². The molecule has 3 aromatic rings. The Hall–Kier alpha value is -3.75. The summed E-state index contributed by atoms with van der Waals surface area (Å²) in [6.45, 7) is 4.89. The number of carbonyl (C=O) groups excluding carboxylic acids is 1. The smallest absolute Gasteiger partial charge is 0.338 e. The Balaban J connectivity index is 1.67. The second kappa shape index (κ2) is 9.40. The molecule has 9 heteroatoms. The first-order valence-corrected chi connectivity index (χ1v) is 10.9. The SMILES string of the molecule is CCC(=O)Nc1cc(-c2nc(-c3ccc(C(=O)O)c(F)c3)no2)ccc1N1CCCCC1C. The maximum Gasteiger partial charge on any atom is 0.338 e. The van der Waals surface area contributed by atoms with Crippen LogP contribution in [0.1, 0.15) is 49.9 Å². The van der Waals surface area contributed by atoms with Gasteiger partial charge in [0.15, 0.2) is 0 Å². The number of anilines is 2. The number of hydrogen-bond donors (Lipinski definition) is 2. The number of carbonyl (C=O) groups is 2. The zero-order chi connectivity index (χ0) is 23.5. The summed E-state index contributed by atoms with van der Waals surface area (Å²) in [4.78, 5) is 29.9. The Bertz CT molecular complexity index is 1190. The second-order valence-electron chi connectivity index (χ2n) is 8.09. The van der Waals surface area contributed by atoms with Crippen LogP contribution in [0.15, 0.2) is 40.9 Å². The zero-order valence-corrected chi connectivity index (χ0v) is 18.5. The van der Waals surface area contributed by atoms with Crippen molar-refractivity contribution in [2.24, 2.45) is 0 Å². The molecule has 1 unspecified atom stereocenters. The van der Waals surface area contributed by atoms with Gasteiger partial charge in [0.05, 0.1) is 16.9 Å². The largest absolute Gasteiger partial charge is 0.478 e. The molecule has 2 heterocycles. The van der Waals surface area contributed by atoms with Gasteiger partial charge in [-0.15, -0.1) is 0 Å². The topological polar surface area (TPSA) is 109 Å². The van der Waals surface area contributed by atoms with E-state index < -0.39 is 17.3 Å². The van der Waals surface area contributed by atoms with Crippen molar-refractivity contribution in [2.75, 3.05) is 16.8 Å². The van der Waals surface area contributed by atoms with Gasteiger partial charge in [-0.05, 0) is 62.6 Å². The maximum absolute atomic E-state index is 14.1. The van der Waals surface area contributed by atoms with Crippen LogP contribution >= 0.6 is 0 Å². The Morgan fingerprint density at radius 1 is 1.21 bits per heavy atom. The summed E-state index contributed by atoms with van der Waals surface area (Å²) in [5.74, 6) is -1.99. The molecule has 0 bridgehead atoms. The normalized spacial score (nSPS) is 16.0. The lowest BCUT2D eigenvalue weighted by Crippen LogP contribution is -2.38. The third kappa shape index (κ3) is 4.72. The standard InChI is InChI=1S/C24H25FN4O4/c1-3-21(30)26-19-13-16(8-10-20(19)29-11-5-4-6-14(29)2)23-27-22(28-33-23)15-7-9-17(24(31)32)18(25)12-15/h7-10,12-14H,3-6,11H2,1-2H3,(H,26,30)(H,31,32). The average molecular weight is 452 g/mol. The molecule has 1 aromatic heterocycles. The summed E-state index contributed by atoms with van der Waals surface area (Å²) in [5, 5.41) is 15.9. The number of halogens is 1. The molecule has 1 aliphatic heterocycles. The fourth-order valence-corrected chi connectivity index (χ4v) is 4.00. The lowest BCUT2D eigenvalue weighted by molar-refractivity contribution is -0.115. The molecule has 1 atom stereocenters. The first-order valence-electron chi connectivity index (χ1n) is 10.9. The molecule has 1 fully saturated rings. The first-order chi connectivity index (χ1) is 15.9. The van der Waals surface area contributed by atoms with Crippen molar-refractivity contribution in [2.45, 2.75) is 45.6 Å². The van der Waals surface area contributed by atoms with E-state index in [-0.39, 0.29) is 17.6 Å². The Labute approximate surface area is 190 Å². The van der Waals surface area contributed by atoms with E-state index in [0.29, 0.717) is 29.3 Å². The number of piperidine rings is 1. The van der Waals surface area contributed by atoms with E-state index in [4.69, 9.17) is 9.63 Å². The lowest BCUT2D eigenvalue weighted by atomic mass is 10.0. The van der Waals surface area contributed by atoms with Crippen molar-refractivity contribution < 1.29 is 23.6 Å². The molecule has 8 nitrogen and oxygen atoms in total. The van der Waals surface area contributed by atoms with Gasteiger partial charge in [0.2, 0.25) is 11.7 Å². The summed E-state index contributed by atoms with van der Waals surface area (Å²) < 4.78 is 19.5. The second-order valence-corrected chi connectivity index (χ2v) is 8.09. The number of nitrogens with zero attached hydrogens (tertiary/aromatic N) is 3. The average Bonchev–Trinajstić information content (AvgIpc) is 3.29. The Morgan fingerprint density at radius 3 is 2.70 bits per heavy atom. The maximum atomic E-state index is 14.1. The van der Waals surface area contributed by atoms with E-state index >= 15 is 0 Å². The minimum Gasteiger partial charge on any atom is -0.478 e. The fraction of sp³-hybridized carbons (Fsp3) is 0.333. The first kappa shape index (κ1) is 22.4. The highest BCUT2D eigenvalue weighted by Gasteiger charge is 2.23. The van der Waals surface area contributed by atoms with Crippen molar-refractivity contribution in [1.82, 2.24) is 10.1 Å². The highest BCUT2D eigenvalue weighted by Crippen LogP contribution is 2.35. The van der Waals surface area contributed by atoms with Gasteiger partial charge in [-0.1, -0.05) is 12.1 Å². The van der Waals surface area contributed by atoms with Gasteiger partial charge in [-0.2, -0.15) is 4.98 Å². The molecule has 0 spiro atoms. The summed E-state index contributed by atoms with van der Waals surface area (Å²) in [7, 11) is 0. The molecule has 1 amide bonds. The van der Waals surface area contributed by atoms with Crippen LogP contribution in [0.3, 0.4) is 0 Å². The van der Waals surface area contributed by atoms with Crippen LogP contribution in [-0.2, 0) is 4.79 Å². The van der Waals surface area contributed by atoms with Crippen molar-refractivity contribution >= 4 is 23.3 Å². The van der Waals surface area contributed by atoms with Crippen molar-refractivity contribution in [3.63, 3.8) is 0 Å². The number of amides is 1. The third-order valence-corrected chi connectivity index (χ3v) is 5.83. The minimum absolute atomic E-state index is 0.0988. The van der Waals surface area contributed by atoms with Gasteiger partial charge in [-0.25, -0.2) is 9.18 Å². The summed E-state index contributed by atoms with van der Waals surface area (Å²) >= 11 is 0. The van der Waals surface area contributed by atoms with E-state index in [1.54, 1.807) is 13.0 Å². The van der Waals surface area contributed by atoms with Crippen LogP contribution in [0.2, 0.25) is 0 Å². The lowest BCUT2D eigenvalue weighted by Gasteiger charge is -2.36. The third-order valence-electron chi connectivity index (χ3n) is 5.83. The van der Waals surface area contributed by atoms with Crippen LogP contribution in [0.5, 0.6) is 0 Å². The monoisotopic (exact) mass is 452 g/mol. The highest BCUT2D eigenvalue weighted by atomic mass is 19.1. The molecule has 0 saturated carbocycles. The Morgan fingerprint density at radius 2 is 2.00 bits per heavy atom. The van der Waals surface area contributed by atoms with Gasteiger partial charge >= 0.3 is 5.97 Å². The molecule has 33 heavy (non-hydrogen) atoms. The van der Waals surface area contributed by atoms with E-state index in [2.05, 4.69) is 27.3 Å². The van der Waals surface area contributed by atoms with E-state index in [1.165, 1.54) is 12.5 Å². The number of nitrogens with one attached hydrogen (secondary N) is 1. The van der Waals surface area contributed by atoms with Gasteiger partial charge in [0.1, 0.15) is 5.82 Å². The molecule has 4 rings (SSSR count). The van der Waals surface area contributed by atoms with E-state index in [0.717, 1.165) is 37.2 Å². The molecule has 1 saturated heterocycles. The molecule has 172 valence electrons. The quantitative estimate of drug-likeness (QED) is 0.544. The van der Waals surface area contributed by atoms with Crippen LogP contribution in [0, 0.1) is 5.82 Å². The van der Waals surface area contributed by atoms with Crippen LogP contribution in [-0.4, -0.2) is 39.7 Å². The predicted molar refractivity (Wildman–Crippen MR) is 122 cm³/mol. The number of rotatable bonds is 6. The fourth-order valence-electron chi connectivity index (χ4n) is 4.00. The van der Waals surface area contributed by atoms with Crippen LogP contribution in [0.25, 0.3) is 22.8 Å². The molecule has 1 aliphatic rings. The zero-order valence-electron chi connectivity index (χ0n) is 18.5. The number of carboxylic acid groups (broad SMARTS) is 1. The van der Waals surface area contributed by atoms with Crippen molar-refractivity contribution in [1.29, 1.82) is 0 Å². The summed E-state index contributed by atoms with van der Waals surface area (Å²) in [5.41, 5.74) is 2.09. The van der Waals surface area contributed by atoms with Gasteiger partial charge in [-0.3, -0.25) is 4.79 Å². The summed E-state index contributed by atoms with van der Waals surface area (Å²) in [6, 6.07) is 9.60. The van der Waals surface area contributed by atoms with Crippen molar-refractivity contribution in [3.8, 4) is 22.8 Å². The van der Waals surface area contributed by atoms with Crippen LogP contribution < -0.4 is 10.2 Å². The number of hydrogen-bond acceptors (Lipinski definition) is 6. The molecule has 0 radical (unpaired) electrons. The number of benzene rings is 2. The van der Waals surface area contributed by atoms with E-state index in [9.17, 15) is 14.0 Å². The van der Waals surface area contributed by atoms with Gasteiger partial charge < -0.3 is 19.8 Å². The molecule has 2 N–H and O–H groups in total. The van der Waals surface area contributed by atoms with E-state index in [1.807, 2.05) is 12.1 Å². The Kier molecular flexibility index (Phi) is 6.39. The predicted octanol–water partition coefficient (Wildman–Crippen LogP) is 4.97. The van der Waals surface area contributed by atoms with Gasteiger partial charge in [0.25, 0.3) is 5.89 Å². The van der Waals surface area contributed by atoms with Gasteiger partial charge in [0, 0.05) is 30.1 Å². The molecular weight excluding hydrogens is 427 g/mol.